The minimum absolute atomic E-state index is 0.108. The molecule has 2 heterocycles. The van der Waals surface area contributed by atoms with Gasteiger partial charge in [-0.15, -0.1) is 0 Å². The molecule has 0 spiro atoms. The number of sulfone groups is 1. The molecule has 7 nitrogen and oxygen atoms in total. The van der Waals surface area contributed by atoms with Gasteiger partial charge in [0.25, 0.3) is 5.91 Å². The predicted molar refractivity (Wildman–Crippen MR) is 131 cm³/mol. The van der Waals surface area contributed by atoms with Crippen molar-refractivity contribution in [1.82, 2.24) is 15.2 Å². The standard InChI is InChI=1S/C26H31N3O4S/c1-4-29-15-5-6-22(29)16-27-25(30)20-9-11-21(12-10-20)26-28-24(19(3)33-26)17-34(31,32)23-13-7-18(2)8-14-23/h7-14,22H,4-6,15-17H2,1-3H3,(H,27,30)/t22-/m1/s1. The SMILES string of the molecule is CCN1CCC[C@@H]1CNC(=O)c1ccc(-c2nc(CS(=O)(=O)c3ccc(C)cc3)c(C)o2)cc1. The summed E-state index contributed by atoms with van der Waals surface area (Å²) < 4.78 is 31.4. The van der Waals surface area contributed by atoms with Crippen molar-refractivity contribution >= 4 is 15.7 Å². The van der Waals surface area contributed by atoms with Gasteiger partial charge in [0.1, 0.15) is 11.5 Å². The molecular formula is C26H31N3O4S. The van der Waals surface area contributed by atoms with Crippen molar-refractivity contribution in [3.05, 3.63) is 71.1 Å². The van der Waals surface area contributed by atoms with Gasteiger partial charge in [-0.1, -0.05) is 24.6 Å². The van der Waals surface area contributed by atoms with Gasteiger partial charge in [0.15, 0.2) is 9.84 Å². The molecule has 1 amide bonds. The Morgan fingerprint density at radius 3 is 2.50 bits per heavy atom. The summed E-state index contributed by atoms with van der Waals surface area (Å²) in [6.45, 7) is 8.50. The van der Waals surface area contributed by atoms with E-state index in [1.807, 2.05) is 6.92 Å². The topological polar surface area (TPSA) is 92.5 Å². The van der Waals surface area contributed by atoms with Crippen molar-refractivity contribution in [2.75, 3.05) is 19.6 Å². The van der Waals surface area contributed by atoms with Crippen molar-refractivity contribution < 1.29 is 17.6 Å². The van der Waals surface area contributed by atoms with Crippen LogP contribution in [-0.2, 0) is 15.6 Å². The van der Waals surface area contributed by atoms with E-state index in [4.69, 9.17) is 4.42 Å². The number of carbonyl (C=O) groups is 1. The number of aromatic nitrogens is 1. The van der Waals surface area contributed by atoms with E-state index in [1.54, 1.807) is 55.5 Å². The van der Waals surface area contributed by atoms with Crippen LogP contribution in [0.3, 0.4) is 0 Å². The van der Waals surface area contributed by atoms with Gasteiger partial charge >= 0.3 is 0 Å². The smallest absolute Gasteiger partial charge is 0.251 e. The second-order valence-electron chi connectivity index (χ2n) is 8.81. The van der Waals surface area contributed by atoms with Gasteiger partial charge in [0, 0.05) is 23.7 Å². The number of likely N-dealkylation sites (tertiary alicyclic amines) is 1. The van der Waals surface area contributed by atoms with Crippen LogP contribution >= 0.6 is 0 Å². The Morgan fingerprint density at radius 2 is 1.82 bits per heavy atom. The highest BCUT2D eigenvalue weighted by molar-refractivity contribution is 7.90. The van der Waals surface area contributed by atoms with E-state index in [-0.39, 0.29) is 16.6 Å². The molecule has 34 heavy (non-hydrogen) atoms. The van der Waals surface area contributed by atoms with Crippen LogP contribution in [-0.4, -0.2) is 49.9 Å². The monoisotopic (exact) mass is 481 g/mol. The minimum Gasteiger partial charge on any atom is -0.441 e. The number of likely N-dealkylation sites (N-methyl/N-ethyl adjacent to an activating group) is 1. The second-order valence-corrected chi connectivity index (χ2v) is 10.8. The zero-order valence-electron chi connectivity index (χ0n) is 19.9. The van der Waals surface area contributed by atoms with E-state index in [9.17, 15) is 13.2 Å². The Hall–Kier alpha value is -2.97. The third-order valence-corrected chi connectivity index (χ3v) is 8.04. The first-order valence-corrected chi connectivity index (χ1v) is 13.3. The summed E-state index contributed by atoms with van der Waals surface area (Å²) in [5, 5.41) is 3.04. The molecule has 1 aromatic heterocycles. The van der Waals surface area contributed by atoms with E-state index < -0.39 is 9.84 Å². The van der Waals surface area contributed by atoms with Crippen LogP contribution in [0, 0.1) is 13.8 Å². The molecular weight excluding hydrogens is 450 g/mol. The van der Waals surface area contributed by atoms with Crippen molar-refractivity contribution in [2.24, 2.45) is 0 Å². The molecule has 2 aromatic carbocycles. The van der Waals surface area contributed by atoms with Gasteiger partial charge < -0.3 is 9.73 Å². The normalized spacial score (nSPS) is 16.6. The second kappa shape index (κ2) is 10.1. The Labute approximate surface area is 201 Å². The molecule has 0 radical (unpaired) electrons. The van der Waals surface area contributed by atoms with Crippen molar-refractivity contribution in [3.8, 4) is 11.5 Å². The summed E-state index contributed by atoms with van der Waals surface area (Å²) in [7, 11) is -3.54. The molecule has 3 aromatic rings. The van der Waals surface area contributed by atoms with Crippen molar-refractivity contribution in [2.45, 2.75) is 50.3 Å². The Morgan fingerprint density at radius 1 is 1.12 bits per heavy atom. The van der Waals surface area contributed by atoms with Gasteiger partial charge in [-0.2, -0.15) is 0 Å². The number of carbonyl (C=O) groups excluding carboxylic acids is 1. The molecule has 1 fully saturated rings. The molecule has 8 heteroatoms. The maximum atomic E-state index is 12.8. The highest BCUT2D eigenvalue weighted by Crippen LogP contribution is 2.25. The summed E-state index contributed by atoms with van der Waals surface area (Å²) in [5.41, 5.74) is 2.63. The molecule has 180 valence electrons. The quantitative estimate of drug-likeness (QED) is 0.520. The van der Waals surface area contributed by atoms with E-state index in [0.717, 1.165) is 25.1 Å². The lowest BCUT2D eigenvalue weighted by Gasteiger charge is -2.22. The molecule has 1 saturated heterocycles. The third kappa shape index (κ3) is 5.39. The number of hydrogen-bond donors (Lipinski definition) is 1. The third-order valence-electron chi connectivity index (χ3n) is 6.40. The maximum Gasteiger partial charge on any atom is 0.251 e. The van der Waals surface area contributed by atoms with Crippen LogP contribution in [0.15, 0.2) is 57.8 Å². The maximum absolute atomic E-state index is 12.8. The molecule has 1 aliphatic rings. The number of amides is 1. The van der Waals surface area contributed by atoms with Gasteiger partial charge in [0.2, 0.25) is 5.89 Å². The van der Waals surface area contributed by atoms with Gasteiger partial charge in [-0.3, -0.25) is 9.69 Å². The molecule has 0 bridgehead atoms. The molecule has 1 aliphatic heterocycles. The Balaban J connectivity index is 1.42. The van der Waals surface area contributed by atoms with Crippen LogP contribution in [0.25, 0.3) is 11.5 Å². The highest BCUT2D eigenvalue weighted by atomic mass is 32.2. The van der Waals surface area contributed by atoms with Crippen LogP contribution in [0.2, 0.25) is 0 Å². The summed E-state index contributed by atoms with van der Waals surface area (Å²) in [4.78, 5) is 19.7. The lowest BCUT2D eigenvalue weighted by Crippen LogP contribution is -2.40. The number of benzene rings is 2. The molecule has 0 unspecified atom stereocenters. The Kier molecular flexibility index (Phi) is 7.19. The van der Waals surface area contributed by atoms with Gasteiger partial charge in [-0.25, -0.2) is 13.4 Å². The molecule has 1 N–H and O–H groups in total. The van der Waals surface area contributed by atoms with E-state index in [0.29, 0.717) is 41.1 Å². The first-order valence-electron chi connectivity index (χ1n) is 11.6. The minimum atomic E-state index is -3.54. The van der Waals surface area contributed by atoms with Crippen molar-refractivity contribution in [3.63, 3.8) is 0 Å². The average Bonchev–Trinajstić information content (AvgIpc) is 3.43. The number of hydrogen-bond acceptors (Lipinski definition) is 6. The summed E-state index contributed by atoms with van der Waals surface area (Å²) in [6.07, 6.45) is 2.28. The van der Waals surface area contributed by atoms with E-state index in [2.05, 4.69) is 22.1 Å². The zero-order chi connectivity index (χ0) is 24.3. The number of aryl methyl sites for hydroxylation is 2. The zero-order valence-corrected chi connectivity index (χ0v) is 20.7. The van der Waals surface area contributed by atoms with Crippen LogP contribution in [0.4, 0.5) is 0 Å². The van der Waals surface area contributed by atoms with Crippen LogP contribution in [0.5, 0.6) is 0 Å². The fourth-order valence-electron chi connectivity index (χ4n) is 4.31. The first-order chi connectivity index (χ1) is 16.3. The largest absolute Gasteiger partial charge is 0.441 e. The van der Waals surface area contributed by atoms with Crippen molar-refractivity contribution in [1.29, 1.82) is 0 Å². The van der Waals surface area contributed by atoms with Crippen LogP contribution in [0.1, 0.15) is 47.1 Å². The molecule has 1 atom stereocenters. The summed E-state index contributed by atoms with van der Waals surface area (Å²) >= 11 is 0. The van der Waals surface area contributed by atoms with Gasteiger partial charge in [-0.05, 0) is 76.2 Å². The number of oxazole rings is 1. The number of rotatable bonds is 8. The summed E-state index contributed by atoms with van der Waals surface area (Å²) in [6, 6.07) is 14.2. The fraction of sp³-hybridized carbons (Fsp3) is 0.385. The molecule has 0 aliphatic carbocycles. The summed E-state index contributed by atoms with van der Waals surface area (Å²) in [5.74, 6) is 0.456. The molecule has 4 rings (SSSR count). The predicted octanol–water partition coefficient (Wildman–Crippen LogP) is 4.15. The van der Waals surface area contributed by atoms with E-state index in [1.165, 1.54) is 6.42 Å². The van der Waals surface area contributed by atoms with Crippen LogP contribution < -0.4 is 5.32 Å². The number of nitrogens with zero attached hydrogens (tertiary/aromatic N) is 2. The van der Waals surface area contributed by atoms with E-state index >= 15 is 0 Å². The lowest BCUT2D eigenvalue weighted by atomic mass is 10.1. The lowest BCUT2D eigenvalue weighted by molar-refractivity contribution is 0.0941. The number of nitrogens with one attached hydrogen (secondary N) is 1. The first kappa shape index (κ1) is 24.2. The molecule has 0 saturated carbocycles. The highest BCUT2D eigenvalue weighted by Gasteiger charge is 2.24. The van der Waals surface area contributed by atoms with Gasteiger partial charge in [0.05, 0.1) is 10.6 Å². The fourth-order valence-corrected chi connectivity index (χ4v) is 5.66. The Bertz CT molecular complexity index is 1250. The average molecular weight is 482 g/mol.